The molecule has 0 radical (unpaired) electrons. The Morgan fingerprint density at radius 1 is 1.39 bits per heavy atom. The van der Waals surface area contributed by atoms with Crippen molar-refractivity contribution in [2.75, 3.05) is 11.4 Å². The first kappa shape index (κ1) is 12.7. The third-order valence-electron chi connectivity index (χ3n) is 3.29. The van der Waals surface area contributed by atoms with Gasteiger partial charge in [0.25, 0.3) is 0 Å². The number of benzene rings is 1. The number of nitrogens with zero attached hydrogens (tertiary/aromatic N) is 2. The van der Waals surface area contributed by atoms with Crippen LogP contribution in [0.5, 0.6) is 0 Å². The van der Waals surface area contributed by atoms with Gasteiger partial charge in [0, 0.05) is 12.6 Å². The van der Waals surface area contributed by atoms with Crippen molar-refractivity contribution in [3.63, 3.8) is 0 Å². The van der Waals surface area contributed by atoms with Crippen LogP contribution in [0.1, 0.15) is 30.9 Å². The highest BCUT2D eigenvalue weighted by Crippen LogP contribution is 2.39. The minimum absolute atomic E-state index is 0.0834. The molecule has 1 aromatic rings. The first-order valence-electron chi connectivity index (χ1n) is 5.81. The van der Waals surface area contributed by atoms with E-state index in [2.05, 4.69) is 0 Å². The molecule has 1 aromatic carbocycles. The van der Waals surface area contributed by atoms with Crippen molar-refractivity contribution in [3.8, 4) is 6.07 Å². The Balaban J connectivity index is 2.51. The van der Waals surface area contributed by atoms with Crippen molar-refractivity contribution in [1.29, 1.82) is 5.26 Å². The van der Waals surface area contributed by atoms with Crippen LogP contribution in [0.3, 0.4) is 0 Å². The highest BCUT2D eigenvalue weighted by Gasteiger charge is 2.36. The number of hydrogen-bond acceptors (Lipinski definition) is 2. The van der Waals surface area contributed by atoms with Crippen LogP contribution < -0.4 is 4.90 Å². The summed E-state index contributed by atoms with van der Waals surface area (Å²) in [5.41, 5.74) is -0.265. The molecule has 2 rings (SSSR count). The topological polar surface area (TPSA) is 27.0 Å². The fraction of sp³-hybridized carbons (Fsp3) is 0.462. The standard InChI is InChI=1S/C13H13F3N2/c1-9-3-2-6-18(9)12-7-10(8-17)4-5-11(12)13(14,15)16/h4-5,7,9H,2-3,6H2,1H3. The SMILES string of the molecule is CC1CCCN1c1cc(C#N)ccc1C(F)(F)F. The van der Waals surface area contributed by atoms with Gasteiger partial charge in [-0.05, 0) is 38.0 Å². The molecule has 18 heavy (non-hydrogen) atoms. The van der Waals surface area contributed by atoms with Crippen LogP contribution in [0.15, 0.2) is 18.2 Å². The van der Waals surface area contributed by atoms with Crippen molar-refractivity contribution in [2.45, 2.75) is 32.0 Å². The number of hydrogen-bond donors (Lipinski definition) is 0. The Labute approximate surface area is 104 Å². The second-order valence-corrected chi connectivity index (χ2v) is 4.53. The fourth-order valence-corrected chi connectivity index (χ4v) is 2.37. The van der Waals surface area contributed by atoms with Gasteiger partial charge >= 0.3 is 6.18 Å². The summed E-state index contributed by atoms with van der Waals surface area (Å²) in [4.78, 5) is 1.74. The van der Waals surface area contributed by atoms with E-state index in [9.17, 15) is 13.2 Å². The first-order valence-corrected chi connectivity index (χ1v) is 5.81. The molecular formula is C13H13F3N2. The Kier molecular flexibility index (Phi) is 3.20. The number of halogens is 3. The molecule has 2 nitrogen and oxygen atoms in total. The molecule has 0 saturated carbocycles. The maximum atomic E-state index is 13.0. The van der Waals surface area contributed by atoms with Gasteiger partial charge in [-0.3, -0.25) is 0 Å². The van der Waals surface area contributed by atoms with Gasteiger partial charge < -0.3 is 4.90 Å². The predicted molar refractivity (Wildman–Crippen MR) is 62.2 cm³/mol. The second-order valence-electron chi connectivity index (χ2n) is 4.53. The Morgan fingerprint density at radius 2 is 2.11 bits per heavy atom. The normalized spacial score (nSPS) is 19.9. The summed E-state index contributed by atoms with van der Waals surface area (Å²) in [5.74, 6) is 0. The van der Waals surface area contributed by atoms with Crippen molar-refractivity contribution >= 4 is 5.69 Å². The molecule has 0 aliphatic carbocycles. The molecule has 1 aliphatic rings. The summed E-state index contributed by atoms with van der Waals surface area (Å²) in [7, 11) is 0. The van der Waals surface area contributed by atoms with Crippen molar-refractivity contribution in [3.05, 3.63) is 29.3 Å². The molecule has 1 saturated heterocycles. The highest BCUT2D eigenvalue weighted by atomic mass is 19.4. The van der Waals surface area contributed by atoms with E-state index in [4.69, 9.17) is 5.26 Å². The van der Waals surface area contributed by atoms with Crippen molar-refractivity contribution in [2.24, 2.45) is 0 Å². The average molecular weight is 254 g/mol. The van der Waals surface area contributed by atoms with Gasteiger partial charge in [-0.2, -0.15) is 18.4 Å². The largest absolute Gasteiger partial charge is 0.418 e. The third-order valence-corrected chi connectivity index (χ3v) is 3.29. The molecular weight excluding hydrogens is 241 g/mol. The molecule has 0 bridgehead atoms. The maximum Gasteiger partial charge on any atom is 0.418 e. The van der Waals surface area contributed by atoms with E-state index in [0.29, 0.717) is 6.54 Å². The minimum Gasteiger partial charge on any atom is -0.368 e. The highest BCUT2D eigenvalue weighted by molar-refractivity contribution is 5.60. The minimum atomic E-state index is -4.38. The Hall–Kier alpha value is -1.70. The zero-order valence-corrected chi connectivity index (χ0v) is 9.96. The lowest BCUT2D eigenvalue weighted by atomic mass is 10.1. The molecule has 0 N–H and O–H groups in total. The van der Waals surface area contributed by atoms with Crippen molar-refractivity contribution < 1.29 is 13.2 Å². The number of alkyl halides is 3. The molecule has 96 valence electrons. The van der Waals surface area contributed by atoms with Crippen LogP contribution in [0, 0.1) is 11.3 Å². The summed E-state index contributed by atoms with van der Waals surface area (Å²) in [5, 5.41) is 8.81. The second kappa shape index (κ2) is 4.52. The van der Waals surface area contributed by atoms with Crippen molar-refractivity contribution in [1.82, 2.24) is 0 Å². The summed E-state index contributed by atoms with van der Waals surface area (Å²) < 4.78 is 38.9. The maximum absolute atomic E-state index is 13.0. The molecule has 0 spiro atoms. The number of nitriles is 1. The molecule has 1 fully saturated rings. The van der Waals surface area contributed by atoms with E-state index in [1.807, 2.05) is 13.0 Å². The lowest BCUT2D eigenvalue weighted by Crippen LogP contribution is -2.28. The lowest BCUT2D eigenvalue weighted by molar-refractivity contribution is -0.137. The lowest BCUT2D eigenvalue weighted by Gasteiger charge is -2.27. The van der Waals surface area contributed by atoms with Crippen LogP contribution in [0.2, 0.25) is 0 Å². The van der Waals surface area contributed by atoms with Gasteiger partial charge in [-0.1, -0.05) is 0 Å². The van der Waals surface area contributed by atoms with E-state index in [1.165, 1.54) is 12.1 Å². The molecule has 5 heteroatoms. The van der Waals surface area contributed by atoms with E-state index in [-0.39, 0.29) is 17.3 Å². The van der Waals surface area contributed by atoms with Crippen LogP contribution in [-0.4, -0.2) is 12.6 Å². The van der Waals surface area contributed by atoms with E-state index < -0.39 is 11.7 Å². The zero-order valence-electron chi connectivity index (χ0n) is 9.96. The first-order chi connectivity index (χ1) is 8.43. The zero-order chi connectivity index (χ0) is 13.3. The monoisotopic (exact) mass is 254 g/mol. The van der Waals surface area contributed by atoms with Gasteiger partial charge in [0.1, 0.15) is 0 Å². The fourth-order valence-electron chi connectivity index (χ4n) is 2.37. The quantitative estimate of drug-likeness (QED) is 0.766. The molecule has 1 heterocycles. The molecule has 0 amide bonds. The smallest absolute Gasteiger partial charge is 0.368 e. The molecule has 0 aromatic heterocycles. The summed E-state index contributed by atoms with van der Waals surface area (Å²) in [6, 6.07) is 5.53. The number of rotatable bonds is 1. The Morgan fingerprint density at radius 3 is 2.61 bits per heavy atom. The van der Waals surface area contributed by atoms with E-state index in [1.54, 1.807) is 4.90 Å². The van der Waals surface area contributed by atoms with Gasteiger partial charge in [0.15, 0.2) is 0 Å². The van der Waals surface area contributed by atoms with E-state index in [0.717, 1.165) is 18.9 Å². The predicted octanol–water partition coefficient (Wildman–Crippen LogP) is 3.57. The third kappa shape index (κ3) is 2.28. The average Bonchev–Trinajstić information content (AvgIpc) is 2.73. The summed E-state index contributed by atoms with van der Waals surface area (Å²) >= 11 is 0. The molecule has 1 atom stereocenters. The van der Waals surface area contributed by atoms with Gasteiger partial charge in [0.05, 0.1) is 22.9 Å². The summed E-state index contributed by atoms with van der Waals surface area (Å²) in [6.07, 6.45) is -2.62. The van der Waals surface area contributed by atoms with Crippen LogP contribution in [0.25, 0.3) is 0 Å². The van der Waals surface area contributed by atoms with Crippen LogP contribution in [-0.2, 0) is 6.18 Å². The summed E-state index contributed by atoms with van der Waals surface area (Å²) in [6.45, 7) is 2.52. The van der Waals surface area contributed by atoms with E-state index >= 15 is 0 Å². The Bertz CT molecular complexity index is 488. The molecule has 1 aliphatic heterocycles. The molecule has 1 unspecified atom stereocenters. The van der Waals surface area contributed by atoms with Gasteiger partial charge in [-0.25, -0.2) is 0 Å². The van der Waals surface area contributed by atoms with Gasteiger partial charge in [-0.15, -0.1) is 0 Å². The number of anilines is 1. The van der Waals surface area contributed by atoms with Crippen LogP contribution in [0.4, 0.5) is 18.9 Å². The van der Waals surface area contributed by atoms with Crippen LogP contribution >= 0.6 is 0 Å². The van der Waals surface area contributed by atoms with Gasteiger partial charge in [0.2, 0.25) is 0 Å².